The van der Waals surface area contributed by atoms with E-state index in [1.165, 1.54) is 5.56 Å². The van der Waals surface area contributed by atoms with E-state index in [1.807, 2.05) is 12.1 Å². The van der Waals surface area contributed by atoms with Crippen LogP contribution in [0.5, 0.6) is 0 Å². The van der Waals surface area contributed by atoms with E-state index < -0.39 is 0 Å². The monoisotopic (exact) mass is 226 g/mol. The lowest BCUT2D eigenvalue weighted by Gasteiger charge is -2.27. The molecule has 0 amide bonds. The molecule has 0 aliphatic rings. The minimum absolute atomic E-state index is 0.567. The van der Waals surface area contributed by atoms with Gasteiger partial charge >= 0.3 is 0 Å². The fourth-order valence-corrected chi connectivity index (χ4v) is 1.68. The molecule has 2 nitrogen and oxygen atoms in total. The third kappa shape index (κ3) is 3.80. The fraction of sp³-hybridized carbons (Fsp3) is 0.583. The summed E-state index contributed by atoms with van der Waals surface area (Å²) in [7, 11) is 2.14. The zero-order chi connectivity index (χ0) is 11.4. The van der Waals surface area contributed by atoms with Gasteiger partial charge in [-0.3, -0.25) is 4.90 Å². The highest BCUT2D eigenvalue weighted by Crippen LogP contribution is 2.13. The smallest absolute Gasteiger partial charge is 0.129 e. The molecule has 0 aliphatic carbocycles. The highest BCUT2D eigenvalue weighted by Gasteiger charge is 2.13. The van der Waals surface area contributed by atoms with Crippen molar-refractivity contribution in [1.82, 2.24) is 9.88 Å². The molecule has 0 aliphatic heterocycles. The summed E-state index contributed by atoms with van der Waals surface area (Å²) in [6.07, 6.45) is 1.76. The highest BCUT2D eigenvalue weighted by molar-refractivity contribution is 6.29. The number of hydrogen-bond acceptors (Lipinski definition) is 2. The molecule has 1 rings (SSSR count). The van der Waals surface area contributed by atoms with E-state index in [9.17, 15) is 0 Å². The Morgan fingerprint density at radius 2 is 2.07 bits per heavy atom. The van der Waals surface area contributed by atoms with Crippen molar-refractivity contribution in [2.75, 3.05) is 7.05 Å². The largest absolute Gasteiger partial charge is 0.299 e. The molecule has 0 fully saturated rings. The first kappa shape index (κ1) is 12.5. The summed E-state index contributed by atoms with van der Waals surface area (Å²) in [6, 6.07) is 4.50. The average molecular weight is 227 g/mol. The Morgan fingerprint density at radius 3 is 2.60 bits per heavy atom. The minimum Gasteiger partial charge on any atom is -0.299 e. The van der Waals surface area contributed by atoms with Crippen LogP contribution in [0.1, 0.15) is 26.3 Å². The molecule has 1 atom stereocenters. The van der Waals surface area contributed by atoms with Gasteiger partial charge < -0.3 is 0 Å². The first-order valence-corrected chi connectivity index (χ1v) is 5.69. The normalized spacial score (nSPS) is 13.5. The number of nitrogens with zero attached hydrogens (tertiary/aromatic N) is 2. The molecule has 0 aromatic carbocycles. The summed E-state index contributed by atoms with van der Waals surface area (Å²) >= 11 is 5.84. The van der Waals surface area contributed by atoms with Crippen molar-refractivity contribution in [1.29, 1.82) is 0 Å². The van der Waals surface area contributed by atoms with Crippen LogP contribution >= 0.6 is 11.6 Å². The Morgan fingerprint density at radius 1 is 1.40 bits per heavy atom. The lowest BCUT2D eigenvalue weighted by Crippen LogP contribution is -2.32. The first-order chi connectivity index (χ1) is 7.00. The molecule has 0 radical (unpaired) electrons. The molecule has 84 valence electrons. The van der Waals surface area contributed by atoms with Crippen LogP contribution in [0.2, 0.25) is 5.15 Å². The van der Waals surface area contributed by atoms with Gasteiger partial charge in [0.15, 0.2) is 0 Å². The molecule has 3 heteroatoms. The fourth-order valence-electron chi connectivity index (χ4n) is 1.48. The van der Waals surface area contributed by atoms with Gasteiger partial charge in [-0.05, 0) is 37.6 Å². The number of halogens is 1. The van der Waals surface area contributed by atoms with Gasteiger partial charge in [-0.25, -0.2) is 4.98 Å². The summed E-state index contributed by atoms with van der Waals surface area (Å²) in [5, 5.41) is 0.568. The maximum Gasteiger partial charge on any atom is 0.129 e. The molecule has 0 saturated carbocycles. The highest BCUT2D eigenvalue weighted by atomic mass is 35.5. The molecule has 0 saturated heterocycles. The Labute approximate surface area is 97.3 Å². The van der Waals surface area contributed by atoms with E-state index in [0.717, 1.165) is 6.54 Å². The van der Waals surface area contributed by atoms with Crippen LogP contribution in [0.3, 0.4) is 0 Å². The lowest BCUT2D eigenvalue weighted by atomic mass is 10.0. The van der Waals surface area contributed by atoms with Gasteiger partial charge in [0, 0.05) is 18.8 Å². The molecule has 1 aromatic rings. The van der Waals surface area contributed by atoms with Crippen LogP contribution in [0.4, 0.5) is 0 Å². The third-order valence-electron chi connectivity index (χ3n) is 2.88. The molecule has 0 bridgehead atoms. The topological polar surface area (TPSA) is 16.1 Å². The van der Waals surface area contributed by atoms with Gasteiger partial charge in [-0.15, -0.1) is 0 Å². The van der Waals surface area contributed by atoms with Crippen LogP contribution in [-0.4, -0.2) is 23.0 Å². The molecule has 1 aromatic heterocycles. The van der Waals surface area contributed by atoms with Crippen molar-refractivity contribution in [2.24, 2.45) is 5.92 Å². The van der Waals surface area contributed by atoms with Gasteiger partial charge in [-0.1, -0.05) is 25.4 Å². The standard InChI is InChI=1S/C12H19ClN2/c1-9(2)10(3)15(4)8-11-5-6-14-12(13)7-11/h5-7,9-10H,8H2,1-4H3. The second-order valence-corrected chi connectivity index (χ2v) is 4.77. The van der Waals surface area contributed by atoms with Crippen molar-refractivity contribution in [3.05, 3.63) is 29.0 Å². The Hall–Kier alpha value is -0.600. The lowest BCUT2D eigenvalue weighted by molar-refractivity contribution is 0.200. The molecule has 0 N–H and O–H groups in total. The van der Waals surface area contributed by atoms with Crippen LogP contribution in [0.25, 0.3) is 0 Å². The number of pyridine rings is 1. The average Bonchev–Trinajstić information content (AvgIpc) is 2.16. The summed E-state index contributed by atoms with van der Waals surface area (Å²) in [5.41, 5.74) is 1.21. The Kier molecular flexibility index (Phi) is 4.55. The molecule has 1 heterocycles. The molecular formula is C12H19ClN2. The molecule has 1 unspecified atom stereocenters. The number of aromatic nitrogens is 1. The van der Waals surface area contributed by atoms with Crippen LogP contribution < -0.4 is 0 Å². The van der Waals surface area contributed by atoms with Crippen molar-refractivity contribution < 1.29 is 0 Å². The van der Waals surface area contributed by atoms with Gasteiger partial charge in [0.05, 0.1) is 0 Å². The Balaban J connectivity index is 2.62. The zero-order valence-electron chi connectivity index (χ0n) is 9.87. The van der Waals surface area contributed by atoms with E-state index in [4.69, 9.17) is 11.6 Å². The summed E-state index contributed by atoms with van der Waals surface area (Å²) in [5.74, 6) is 0.660. The van der Waals surface area contributed by atoms with E-state index in [0.29, 0.717) is 17.1 Å². The van der Waals surface area contributed by atoms with Crippen molar-refractivity contribution in [3.63, 3.8) is 0 Å². The Bertz CT molecular complexity index is 312. The van der Waals surface area contributed by atoms with Gasteiger partial charge in [0.1, 0.15) is 5.15 Å². The summed E-state index contributed by atoms with van der Waals surface area (Å²) in [6.45, 7) is 7.64. The SMILES string of the molecule is CC(C)C(C)N(C)Cc1ccnc(Cl)c1. The van der Waals surface area contributed by atoms with Gasteiger partial charge in [-0.2, -0.15) is 0 Å². The second kappa shape index (κ2) is 5.47. The van der Waals surface area contributed by atoms with Crippen LogP contribution in [0.15, 0.2) is 18.3 Å². The van der Waals surface area contributed by atoms with Crippen molar-refractivity contribution in [2.45, 2.75) is 33.4 Å². The zero-order valence-corrected chi connectivity index (χ0v) is 10.6. The van der Waals surface area contributed by atoms with Crippen molar-refractivity contribution in [3.8, 4) is 0 Å². The summed E-state index contributed by atoms with van der Waals surface area (Å²) < 4.78 is 0. The predicted molar refractivity (Wildman–Crippen MR) is 65.0 cm³/mol. The quantitative estimate of drug-likeness (QED) is 0.733. The second-order valence-electron chi connectivity index (χ2n) is 4.39. The molecule has 15 heavy (non-hydrogen) atoms. The third-order valence-corrected chi connectivity index (χ3v) is 3.09. The maximum absolute atomic E-state index is 5.84. The minimum atomic E-state index is 0.567. The maximum atomic E-state index is 5.84. The summed E-state index contributed by atoms with van der Waals surface area (Å²) in [4.78, 5) is 6.30. The van der Waals surface area contributed by atoms with Crippen molar-refractivity contribution >= 4 is 11.6 Å². The predicted octanol–water partition coefficient (Wildman–Crippen LogP) is 3.21. The first-order valence-electron chi connectivity index (χ1n) is 5.31. The van der Waals surface area contributed by atoms with Crippen LogP contribution in [0, 0.1) is 5.92 Å². The molecular weight excluding hydrogens is 208 g/mol. The van der Waals surface area contributed by atoms with E-state index in [2.05, 4.69) is 37.7 Å². The van der Waals surface area contributed by atoms with Crippen LogP contribution in [-0.2, 0) is 6.54 Å². The number of rotatable bonds is 4. The van der Waals surface area contributed by atoms with Gasteiger partial charge in [0.25, 0.3) is 0 Å². The van der Waals surface area contributed by atoms with E-state index >= 15 is 0 Å². The van der Waals surface area contributed by atoms with Gasteiger partial charge in [0.2, 0.25) is 0 Å². The van der Waals surface area contributed by atoms with E-state index in [1.54, 1.807) is 6.20 Å². The molecule has 0 spiro atoms. The van der Waals surface area contributed by atoms with E-state index in [-0.39, 0.29) is 0 Å². The number of hydrogen-bond donors (Lipinski definition) is 0.